The van der Waals surface area contributed by atoms with E-state index in [0.29, 0.717) is 40.6 Å². The minimum absolute atomic E-state index is 0.0488. The SMILES string of the molecule is Cc1sc2nc(CS[C@@H](C)C(=O)NCCNc3cccc(F)c3C#N)[nH]c(=O)c2c1C. The molecule has 3 N–H and O–H groups in total. The number of nitriles is 1. The highest BCUT2D eigenvalue weighted by Gasteiger charge is 2.16. The molecule has 0 radical (unpaired) electrons. The molecule has 0 fully saturated rings. The van der Waals surface area contributed by atoms with E-state index in [4.69, 9.17) is 5.26 Å². The number of aryl methyl sites for hydroxylation is 2. The van der Waals surface area contributed by atoms with Gasteiger partial charge in [0.05, 0.1) is 22.1 Å². The second-order valence-corrected chi connectivity index (χ2v) is 9.45. The summed E-state index contributed by atoms with van der Waals surface area (Å²) in [6, 6.07) is 6.18. The van der Waals surface area contributed by atoms with Gasteiger partial charge in [-0.25, -0.2) is 9.37 Å². The molecule has 1 atom stereocenters. The minimum atomic E-state index is -0.584. The third kappa shape index (κ3) is 5.24. The lowest BCUT2D eigenvalue weighted by Crippen LogP contribution is -2.34. The van der Waals surface area contributed by atoms with E-state index < -0.39 is 5.82 Å². The predicted molar refractivity (Wildman–Crippen MR) is 123 cm³/mol. The minimum Gasteiger partial charge on any atom is -0.382 e. The van der Waals surface area contributed by atoms with E-state index >= 15 is 0 Å². The highest BCUT2D eigenvalue weighted by atomic mass is 32.2. The summed E-state index contributed by atoms with van der Waals surface area (Å²) in [5, 5.41) is 15.1. The zero-order valence-corrected chi connectivity index (χ0v) is 19.0. The van der Waals surface area contributed by atoms with E-state index in [1.807, 2.05) is 19.9 Å². The Morgan fingerprint density at radius 1 is 1.39 bits per heavy atom. The van der Waals surface area contributed by atoms with Crippen LogP contribution < -0.4 is 16.2 Å². The van der Waals surface area contributed by atoms with Gasteiger partial charge < -0.3 is 15.6 Å². The Morgan fingerprint density at radius 2 is 2.16 bits per heavy atom. The number of amides is 1. The van der Waals surface area contributed by atoms with Crippen LogP contribution in [0.3, 0.4) is 0 Å². The van der Waals surface area contributed by atoms with Crippen LogP contribution in [0.2, 0.25) is 0 Å². The second kappa shape index (κ2) is 9.94. The number of aromatic nitrogens is 2. The molecule has 0 spiro atoms. The highest BCUT2D eigenvalue weighted by Crippen LogP contribution is 2.26. The van der Waals surface area contributed by atoms with Gasteiger partial charge in [-0.1, -0.05) is 6.07 Å². The third-order valence-electron chi connectivity index (χ3n) is 4.79. The Labute approximate surface area is 187 Å². The summed E-state index contributed by atoms with van der Waals surface area (Å²) in [5.74, 6) is 0.209. The average molecular weight is 460 g/mol. The number of thioether (sulfide) groups is 1. The van der Waals surface area contributed by atoms with Crippen LogP contribution in [0.1, 0.15) is 28.8 Å². The maximum absolute atomic E-state index is 13.6. The van der Waals surface area contributed by atoms with Crippen molar-refractivity contribution in [2.45, 2.75) is 31.8 Å². The molecule has 162 valence electrons. The van der Waals surface area contributed by atoms with Crippen LogP contribution in [-0.2, 0) is 10.5 Å². The molecule has 0 aliphatic rings. The number of hydrogen-bond acceptors (Lipinski definition) is 7. The molecule has 0 aliphatic heterocycles. The number of anilines is 1. The number of rotatable bonds is 8. The van der Waals surface area contributed by atoms with Crippen LogP contribution >= 0.6 is 23.1 Å². The van der Waals surface area contributed by atoms with Gasteiger partial charge in [-0.05, 0) is 38.5 Å². The highest BCUT2D eigenvalue weighted by molar-refractivity contribution is 7.99. The molecule has 31 heavy (non-hydrogen) atoms. The molecule has 0 aliphatic carbocycles. The summed E-state index contributed by atoms with van der Waals surface area (Å²) in [6.07, 6.45) is 0. The summed E-state index contributed by atoms with van der Waals surface area (Å²) in [5.41, 5.74) is 1.14. The van der Waals surface area contributed by atoms with Gasteiger partial charge in [0, 0.05) is 18.0 Å². The molecular formula is C21H22FN5O2S2. The monoisotopic (exact) mass is 459 g/mol. The fourth-order valence-corrected chi connectivity index (χ4v) is 4.79. The van der Waals surface area contributed by atoms with E-state index in [-0.39, 0.29) is 22.3 Å². The van der Waals surface area contributed by atoms with Crippen molar-refractivity contribution < 1.29 is 9.18 Å². The first-order valence-corrected chi connectivity index (χ1v) is 11.5. The van der Waals surface area contributed by atoms with Crippen molar-refractivity contribution in [1.29, 1.82) is 5.26 Å². The molecule has 0 saturated carbocycles. The summed E-state index contributed by atoms with van der Waals surface area (Å²) in [6.45, 7) is 6.33. The van der Waals surface area contributed by atoms with Gasteiger partial charge in [0.25, 0.3) is 5.56 Å². The first-order chi connectivity index (χ1) is 14.8. The number of nitrogens with one attached hydrogen (secondary N) is 3. The summed E-state index contributed by atoms with van der Waals surface area (Å²) >= 11 is 2.87. The molecule has 2 aromatic heterocycles. The van der Waals surface area contributed by atoms with Crippen LogP contribution in [0, 0.1) is 31.0 Å². The molecule has 3 aromatic rings. The van der Waals surface area contributed by atoms with Gasteiger partial charge in [0.2, 0.25) is 5.91 Å². The fourth-order valence-electron chi connectivity index (χ4n) is 2.96. The number of aromatic amines is 1. The van der Waals surface area contributed by atoms with E-state index in [9.17, 15) is 14.0 Å². The van der Waals surface area contributed by atoms with Crippen molar-refractivity contribution in [3.8, 4) is 6.07 Å². The average Bonchev–Trinajstić information content (AvgIpc) is 3.03. The Morgan fingerprint density at radius 3 is 2.90 bits per heavy atom. The molecule has 3 rings (SSSR count). The van der Waals surface area contributed by atoms with Crippen LogP contribution in [0.25, 0.3) is 10.2 Å². The summed E-state index contributed by atoms with van der Waals surface area (Å²) < 4.78 is 13.6. The van der Waals surface area contributed by atoms with Gasteiger partial charge in [-0.2, -0.15) is 5.26 Å². The topological polar surface area (TPSA) is 111 Å². The molecular weight excluding hydrogens is 437 g/mol. The Hall–Kier alpha value is -2.90. The molecule has 7 nitrogen and oxygen atoms in total. The maximum atomic E-state index is 13.6. The van der Waals surface area contributed by atoms with Gasteiger partial charge in [-0.3, -0.25) is 9.59 Å². The number of H-pyrrole nitrogens is 1. The quantitative estimate of drug-likeness (QED) is 0.445. The van der Waals surface area contributed by atoms with Crippen LogP contribution in [0.5, 0.6) is 0 Å². The fraction of sp³-hybridized carbons (Fsp3) is 0.333. The zero-order chi connectivity index (χ0) is 22.5. The maximum Gasteiger partial charge on any atom is 0.259 e. The smallest absolute Gasteiger partial charge is 0.259 e. The number of carbonyl (C=O) groups excluding carboxylic acids is 1. The van der Waals surface area contributed by atoms with E-state index in [1.54, 1.807) is 13.0 Å². The van der Waals surface area contributed by atoms with E-state index in [1.165, 1.54) is 35.2 Å². The number of carbonyl (C=O) groups is 1. The summed E-state index contributed by atoms with van der Waals surface area (Å²) in [7, 11) is 0. The van der Waals surface area contributed by atoms with Gasteiger partial charge in [0.1, 0.15) is 28.1 Å². The van der Waals surface area contributed by atoms with Crippen molar-refractivity contribution in [1.82, 2.24) is 15.3 Å². The lowest BCUT2D eigenvalue weighted by molar-refractivity contribution is -0.120. The lowest BCUT2D eigenvalue weighted by atomic mass is 10.2. The molecule has 0 bridgehead atoms. The number of thiophene rings is 1. The zero-order valence-electron chi connectivity index (χ0n) is 17.3. The largest absolute Gasteiger partial charge is 0.382 e. The first-order valence-electron chi connectivity index (χ1n) is 9.62. The predicted octanol–water partition coefficient (Wildman–Crippen LogP) is 3.46. The van der Waals surface area contributed by atoms with Crippen molar-refractivity contribution in [2.24, 2.45) is 0 Å². The number of benzene rings is 1. The molecule has 1 amide bonds. The third-order valence-corrected chi connectivity index (χ3v) is 7.05. The molecule has 0 unspecified atom stereocenters. The standard InChI is InChI=1S/C21H22FN5O2S2/c1-11-12(2)31-21-18(11)20(29)26-17(27-21)10-30-13(3)19(28)25-8-7-24-16-6-4-5-15(22)14(16)9-23/h4-6,13,24H,7-8,10H2,1-3H3,(H,25,28)(H,26,27,29)/t13-/m0/s1. The Bertz CT molecular complexity index is 1210. The van der Waals surface area contributed by atoms with Crippen LogP contribution in [0.4, 0.5) is 10.1 Å². The Balaban J connectivity index is 1.49. The summed E-state index contributed by atoms with van der Waals surface area (Å²) in [4.78, 5) is 33.8. The van der Waals surface area contributed by atoms with Crippen molar-refractivity contribution in [3.05, 3.63) is 56.2 Å². The first kappa shape index (κ1) is 22.8. The normalized spacial score (nSPS) is 11.8. The number of halogens is 1. The van der Waals surface area contributed by atoms with Crippen molar-refractivity contribution in [3.63, 3.8) is 0 Å². The van der Waals surface area contributed by atoms with Crippen molar-refractivity contribution >= 4 is 44.9 Å². The number of fused-ring (bicyclic) bond motifs is 1. The van der Waals surface area contributed by atoms with E-state index in [2.05, 4.69) is 20.6 Å². The lowest BCUT2D eigenvalue weighted by Gasteiger charge is -2.13. The van der Waals surface area contributed by atoms with Gasteiger partial charge >= 0.3 is 0 Å². The molecule has 0 saturated heterocycles. The number of hydrogen-bond donors (Lipinski definition) is 3. The number of nitrogens with zero attached hydrogens (tertiary/aromatic N) is 2. The van der Waals surface area contributed by atoms with Gasteiger partial charge in [-0.15, -0.1) is 23.1 Å². The van der Waals surface area contributed by atoms with Crippen LogP contribution in [0.15, 0.2) is 23.0 Å². The molecule has 10 heteroatoms. The van der Waals surface area contributed by atoms with Crippen LogP contribution in [-0.4, -0.2) is 34.2 Å². The Kier molecular flexibility index (Phi) is 7.30. The molecule has 2 heterocycles. The van der Waals surface area contributed by atoms with E-state index in [0.717, 1.165) is 10.4 Å². The second-order valence-electron chi connectivity index (χ2n) is 6.92. The molecule has 1 aromatic carbocycles. The van der Waals surface area contributed by atoms with Gasteiger partial charge in [0.15, 0.2) is 0 Å². The van der Waals surface area contributed by atoms with Crippen molar-refractivity contribution in [2.75, 3.05) is 18.4 Å².